The van der Waals surface area contributed by atoms with Crippen molar-refractivity contribution in [3.05, 3.63) is 54.4 Å². The number of benzene rings is 1. The molecule has 16 heavy (non-hydrogen) atoms. The van der Waals surface area contributed by atoms with Gasteiger partial charge in [-0.1, -0.05) is 30.3 Å². The minimum atomic E-state index is -0.323. The van der Waals surface area contributed by atoms with Crippen molar-refractivity contribution < 1.29 is 4.79 Å². The Bertz CT molecular complexity index is 494. The number of nitrogens with zero attached hydrogens (tertiary/aromatic N) is 1. The zero-order chi connectivity index (χ0) is 11.4. The van der Waals surface area contributed by atoms with Crippen molar-refractivity contribution in [3.63, 3.8) is 0 Å². The van der Waals surface area contributed by atoms with E-state index in [1.54, 1.807) is 12.4 Å². The lowest BCUT2D eigenvalue weighted by Crippen LogP contribution is -2.14. The number of nitrogens with two attached hydrogens (primary N) is 1. The molecule has 2 rings (SSSR count). The van der Waals surface area contributed by atoms with Gasteiger partial charge in [-0.25, -0.2) is 0 Å². The summed E-state index contributed by atoms with van der Waals surface area (Å²) in [6.45, 7) is 0. The van der Waals surface area contributed by atoms with E-state index >= 15 is 0 Å². The first-order valence-corrected chi connectivity index (χ1v) is 5.04. The molecule has 0 aliphatic heterocycles. The Labute approximate surface area is 93.9 Å². The van der Waals surface area contributed by atoms with Crippen molar-refractivity contribution in [3.8, 4) is 11.1 Å². The van der Waals surface area contributed by atoms with Gasteiger partial charge in [-0.05, 0) is 17.2 Å². The average Bonchev–Trinajstić information content (AvgIpc) is 2.30. The lowest BCUT2D eigenvalue weighted by molar-refractivity contribution is -0.117. The first-order chi connectivity index (χ1) is 7.77. The summed E-state index contributed by atoms with van der Waals surface area (Å²) in [5.74, 6) is -0.323. The molecule has 0 fully saturated rings. The predicted molar refractivity (Wildman–Crippen MR) is 62.6 cm³/mol. The number of carbonyl (C=O) groups excluding carboxylic acids is 1. The van der Waals surface area contributed by atoms with Crippen LogP contribution < -0.4 is 5.73 Å². The summed E-state index contributed by atoms with van der Waals surface area (Å²) in [5.41, 5.74) is 8.16. The van der Waals surface area contributed by atoms with E-state index in [9.17, 15) is 4.79 Å². The zero-order valence-electron chi connectivity index (χ0n) is 8.76. The summed E-state index contributed by atoms with van der Waals surface area (Å²) in [4.78, 5) is 15.0. The van der Waals surface area contributed by atoms with Gasteiger partial charge in [0.2, 0.25) is 5.91 Å². The van der Waals surface area contributed by atoms with Gasteiger partial charge in [0.15, 0.2) is 0 Å². The number of pyridine rings is 1. The van der Waals surface area contributed by atoms with Gasteiger partial charge in [0, 0.05) is 18.0 Å². The minimum absolute atomic E-state index is 0.255. The monoisotopic (exact) mass is 212 g/mol. The molecular formula is C13H12N2O. The van der Waals surface area contributed by atoms with Gasteiger partial charge in [-0.15, -0.1) is 0 Å². The van der Waals surface area contributed by atoms with Crippen molar-refractivity contribution in [1.29, 1.82) is 0 Å². The Hall–Kier alpha value is -2.16. The van der Waals surface area contributed by atoms with Crippen LogP contribution in [0.1, 0.15) is 5.56 Å². The Balaban J connectivity index is 2.44. The van der Waals surface area contributed by atoms with Crippen LogP contribution in [-0.4, -0.2) is 10.9 Å². The maximum atomic E-state index is 11.0. The second kappa shape index (κ2) is 4.57. The molecule has 0 aliphatic rings. The molecule has 3 nitrogen and oxygen atoms in total. The van der Waals surface area contributed by atoms with E-state index in [0.717, 1.165) is 16.7 Å². The molecule has 0 saturated carbocycles. The van der Waals surface area contributed by atoms with Gasteiger partial charge in [-0.3, -0.25) is 9.78 Å². The number of hydrogen-bond donors (Lipinski definition) is 1. The first-order valence-electron chi connectivity index (χ1n) is 5.04. The Morgan fingerprint density at radius 2 is 2.00 bits per heavy atom. The fourth-order valence-electron chi connectivity index (χ4n) is 1.67. The van der Waals surface area contributed by atoms with Crippen LogP contribution >= 0.6 is 0 Å². The van der Waals surface area contributed by atoms with Crippen LogP contribution in [0.3, 0.4) is 0 Å². The van der Waals surface area contributed by atoms with E-state index < -0.39 is 0 Å². The van der Waals surface area contributed by atoms with E-state index in [2.05, 4.69) is 4.98 Å². The van der Waals surface area contributed by atoms with E-state index in [1.165, 1.54) is 0 Å². The number of aromatic nitrogens is 1. The maximum Gasteiger partial charge on any atom is 0.221 e. The second-order valence-corrected chi connectivity index (χ2v) is 3.54. The van der Waals surface area contributed by atoms with Crippen LogP contribution in [0.5, 0.6) is 0 Å². The normalized spacial score (nSPS) is 10.0. The molecule has 0 spiro atoms. The topological polar surface area (TPSA) is 56.0 Å². The molecule has 2 N–H and O–H groups in total. The van der Waals surface area contributed by atoms with Gasteiger partial charge >= 0.3 is 0 Å². The van der Waals surface area contributed by atoms with Crippen LogP contribution in [0.25, 0.3) is 11.1 Å². The largest absolute Gasteiger partial charge is 0.369 e. The van der Waals surface area contributed by atoms with E-state index in [1.807, 2.05) is 36.4 Å². The summed E-state index contributed by atoms with van der Waals surface area (Å²) in [7, 11) is 0. The molecule has 2 aromatic rings. The third-order valence-corrected chi connectivity index (χ3v) is 2.35. The molecule has 0 saturated heterocycles. The van der Waals surface area contributed by atoms with Crippen molar-refractivity contribution in [2.75, 3.05) is 0 Å². The van der Waals surface area contributed by atoms with Crippen molar-refractivity contribution >= 4 is 5.91 Å². The highest BCUT2D eigenvalue weighted by Crippen LogP contribution is 2.22. The summed E-state index contributed by atoms with van der Waals surface area (Å²) in [5, 5.41) is 0. The van der Waals surface area contributed by atoms with E-state index in [-0.39, 0.29) is 12.3 Å². The van der Waals surface area contributed by atoms with Crippen molar-refractivity contribution in [1.82, 2.24) is 4.98 Å². The molecule has 0 bridgehead atoms. The van der Waals surface area contributed by atoms with Gasteiger partial charge in [0.05, 0.1) is 6.42 Å². The molecule has 1 aromatic heterocycles. The summed E-state index contributed by atoms with van der Waals surface area (Å²) >= 11 is 0. The lowest BCUT2D eigenvalue weighted by atomic mass is 9.99. The molecule has 3 heteroatoms. The molecule has 0 atom stereocenters. The number of rotatable bonds is 3. The second-order valence-electron chi connectivity index (χ2n) is 3.54. The standard InChI is InChI=1S/C13H12N2O/c14-13(16)8-10-4-1-2-6-12(10)11-5-3-7-15-9-11/h1-7,9H,8H2,(H2,14,16). The van der Waals surface area contributed by atoms with Crippen LogP contribution in [0.15, 0.2) is 48.8 Å². The molecule has 0 unspecified atom stereocenters. The number of hydrogen-bond acceptors (Lipinski definition) is 2. The molecular weight excluding hydrogens is 200 g/mol. The number of amides is 1. The fraction of sp³-hybridized carbons (Fsp3) is 0.0769. The van der Waals surface area contributed by atoms with Gasteiger partial charge < -0.3 is 5.73 Å². The lowest BCUT2D eigenvalue weighted by Gasteiger charge is -2.07. The average molecular weight is 212 g/mol. The summed E-state index contributed by atoms with van der Waals surface area (Å²) in [6, 6.07) is 11.6. The zero-order valence-corrected chi connectivity index (χ0v) is 8.76. The van der Waals surface area contributed by atoms with Crippen LogP contribution in [-0.2, 0) is 11.2 Å². The van der Waals surface area contributed by atoms with Gasteiger partial charge in [0.1, 0.15) is 0 Å². The first kappa shape index (κ1) is 10.4. The molecule has 0 aliphatic carbocycles. The predicted octanol–water partition coefficient (Wildman–Crippen LogP) is 1.78. The molecule has 1 amide bonds. The van der Waals surface area contributed by atoms with Crippen LogP contribution in [0.4, 0.5) is 0 Å². The highest BCUT2D eigenvalue weighted by atomic mass is 16.1. The third-order valence-electron chi connectivity index (χ3n) is 2.35. The highest BCUT2D eigenvalue weighted by molar-refractivity contribution is 5.80. The van der Waals surface area contributed by atoms with Gasteiger partial charge in [-0.2, -0.15) is 0 Å². The minimum Gasteiger partial charge on any atom is -0.369 e. The van der Waals surface area contributed by atoms with Gasteiger partial charge in [0.25, 0.3) is 0 Å². The number of carbonyl (C=O) groups is 1. The fourth-order valence-corrected chi connectivity index (χ4v) is 1.67. The van der Waals surface area contributed by atoms with Crippen LogP contribution in [0, 0.1) is 0 Å². The third kappa shape index (κ3) is 2.25. The maximum absolute atomic E-state index is 11.0. The summed E-state index contributed by atoms with van der Waals surface area (Å²) in [6.07, 6.45) is 3.76. The molecule has 1 aromatic carbocycles. The summed E-state index contributed by atoms with van der Waals surface area (Å²) < 4.78 is 0. The highest BCUT2D eigenvalue weighted by Gasteiger charge is 2.06. The molecule has 1 heterocycles. The molecule has 0 radical (unpaired) electrons. The quantitative estimate of drug-likeness (QED) is 0.843. The van der Waals surface area contributed by atoms with E-state index in [4.69, 9.17) is 5.73 Å². The van der Waals surface area contributed by atoms with E-state index in [0.29, 0.717) is 0 Å². The SMILES string of the molecule is NC(=O)Cc1ccccc1-c1cccnc1. The Kier molecular flexibility index (Phi) is 2.96. The van der Waals surface area contributed by atoms with Crippen LogP contribution in [0.2, 0.25) is 0 Å². The number of primary amides is 1. The Morgan fingerprint density at radius 1 is 1.19 bits per heavy atom. The smallest absolute Gasteiger partial charge is 0.221 e. The van der Waals surface area contributed by atoms with Crippen molar-refractivity contribution in [2.45, 2.75) is 6.42 Å². The Morgan fingerprint density at radius 3 is 2.69 bits per heavy atom. The molecule has 80 valence electrons. The van der Waals surface area contributed by atoms with Crippen molar-refractivity contribution in [2.24, 2.45) is 5.73 Å².